The van der Waals surface area contributed by atoms with Gasteiger partial charge in [0.1, 0.15) is 0 Å². The van der Waals surface area contributed by atoms with Crippen molar-refractivity contribution in [1.29, 1.82) is 0 Å². The van der Waals surface area contributed by atoms with Gasteiger partial charge in [-0.25, -0.2) is 0 Å². The molecule has 0 spiro atoms. The summed E-state index contributed by atoms with van der Waals surface area (Å²) in [6.07, 6.45) is 0. The van der Waals surface area contributed by atoms with Crippen LogP contribution in [0.15, 0.2) is 18.2 Å². The minimum atomic E-state index is -0.136. The smallest absolute Gasteiger partial charge is 0.251 e. The predicted octanol–water partition coefficient (Wildman–Crippen LogP) is 2.01. The van der Waals surface area contributed by atoms with Crippen molar-refractivity contribution in [1.82, 2.24) is 5.32 Å². The zero-order chi connectivity index (χ0) is 13.1. The van der Waals surface area contributed by atoms with E-state index in [2.05, 4.69) is 26.1 Å². The van der Waals surface area contributed by atoms with Crippen molar-refractivity contribution in [3.8, 4) is 0 Å². The van der Waals surface area contributed by atoms with Crippen LogP contribution in [-0.2, 0) is 5.41 Å². The van der Waals surface area contributed by atoms with Crippen molar-refractivity contribution >= 4 is 5.91 Å². The topological polar surface area (TPSA) is 49.3 Å². The lowest BCUT2D eigenvalue weighted by atomic mass is 9.83. The van der Waals surface area contributed by atoms with Crippen molar-refractivity contribution in [2.75, 3.05) is 13.2 Å². The third-order valence-corrected chi connectivity index (χ3v) is 2.69. The number of aliphatic hydroxyl groups is 1. The number of hydrogen-bond donors (Lipinski definition) is 2. The summed E-state index contributed by atoms with van der Waals surface area (Å²) >= 11 is 0. The number of benzene rings is 1. The fourth-order valence-corrected chi connectivity index (χ4v) is 1.92. The molecule has 0 heterocycles. The quantitative estimate of drug-likeness (QED) is 0.842. The molecule has 17 heavy (non-hydrogen) atoms. The maximum absolute atomic E-state index is 11.7. The molecule has 0 aliphatic carbocycles. The Labute approximate surface area is 103 Å². The highest BCUT2D eigenvalue weighted by atomic mass is 16.3. The number of nitrogens with one attached hydrogen (secondary N) is 1. The average Bonchev–Trinajstić information content (AvgIpc) is 2.23. The van der Waals surface area contributed by atoms with Gasteiger partial charge in [-0.2, -0.15) is 0 Å². The molecule has 1 aromatic rings. The van der Waals surface area contributed by atoms with E-state index >= 15 is 0 Å². The Morgan fingerprint density at radius 2 is 2.00 bits per heavy atom. The molecule has 0 atom stereocenters. The van der Waals surface area contributed by atoms with E-state index in [0.717, 1.165) is 5.56 Å². The molecule has 3 heteroatoms. The van der Waals surface area contributed by atoms with Gasteiger partial charge >= 0.3 is 0 Å². The fraction of sp³-hybridized carbons (Fsp3) is 0.500. The molecule has 1 aromatic carbocycles. The Balaban J connectivity index is 2.93. The maximum atomic E-state index is 11.7. The number of amides is 1. The molecule has 0 aromatic heterocycles. The van der Waals surface area contributed by atoms with Gasteiger partial charge in [-0.3, -0.25) is 4.79 Å². The Hall–Kier alpha value is -1.35. The van der Waals surface area contributed by atoms with Crippen LogP contribution in [0.3, 0.4) is 0 Å². The van der Waals surface area contributed by atoms with E-state index in [9.17, 15) is 4.79 Å². The SMILES string of the molecule is Cc1cc(C(=O)NCCO)ccc1C(C)(C)C. The molecule has 0 saturated carbocycles. The van der Waals surface area contributed by atoms with Gasteiger partial charge in [0, 0.05) is 12.1 Å². The molecule has 2 N–H and O–H groups in total. The standard InChI is InChI=1S/C14H21NO2/c1-10-9-11(13(17)15-7-8-16)5-6-12(10)14(2,3)4/h5-6,9,16H,7-8H2,1-4H3,(H,15,17). The molecule has 94 valence electrons. The summed E-state index contributed by atoms with van der Waals surface area (Å²) in [6.45, 7) is 8.73. The number of rotatable bonds is 3. The number of carbonyl (C=O) groups excluding carboxylic acids is 1. The largest absolute Gasteiger partial charge is 0.395 e. The second-order valence-electron chi connectivity index (χ2n) is 5.26. The molecule has 0 radical (unpaired) electrons. The Morgan fingerprint density at radius 1 is 1.35 bits per heavy atom. The van der Waals surface area contributed by atoms with Crippen LogP contribution >= 0.6 is 0 Å². The highest BCUT2D eigenvalue weighted by Crippen LogP contribution is 2.26. The summed E-state index contributed by atoms with van der Waals surface area (Å²) < 4.78 is 0. The van der Waals surface area contributed by atoms with Crippen LogP contribution in [0.1, 0.15) is 42.3 Å². The maximum Gasteiger partial charge on any atom is 0.251 e. The molecular formula is C14H21NO2. The van der Waals surface area contributed by atoms with Crippen molar-refractivity contribution < 1.29 is 9.90 Å². The van der Waals surface area contributed by atoms with Crippen LogP contribution in [0, 0.1) is 6.92 Å². The van der Waals surface area contributed by atoms with Gasteiger partial charge in [-0.15, -0.1) is 0 Å². The first kappa shape index (κ1) is 13.7. The van der Waals surface area contributed by atoms with Gasteiger partial charge in [0.25, 0.3) is 5.91 Å². The molecule has 0 fully saturated rings. The third kappa shape index (κ3) is 3.56. The number of hydrogen-bond acceptors (Lipinski definition) is 2. The van der Waals surface area contributed by atoms with Gasteiger partial charge in [0.15, 0.2) is 0 Å². The average molecular weight is 235 g/mol. The van der Waals surface area contributed by atoms with Gasteiger partial charge in [-0.1, -0.05) is 26.8 Å². The van der Waals surface area contributed by atoms with E-state index in [1.165, 1.54) is 5.56 Å². The van der Waals surface area contributed by atoms with Crippen molar-refractivity contribution in [2.45, 2.75) is 33.1 Å². The van der Waals surface area contributed by atoms with Crippen LogP contribution in [0.25, 0.3) is 0 Å². The lowest BCUT2D eigenvalue weighted by Gasteiger charge is -2.22. The Kier molecular flexibility index (Phi) is 4.29. The third-order valence-electron chi connectivity index (χ3n) is 2.69. The van der Waals surface area contributed by atoms with Crippen LogP contribution in [0.5, 0.6) is 0 Å². The second-order valence-corrected chi connectivity index (χ2v) is 5.26. The summed E-state index contributed by atoms with van der Waals surface area (Å²) in [4.78, 5) is 11.7. The second kappa shape index (κ2) is 5.32. The fourth-order valence-electron chi connectivity index (χ4n) is 1.92. The van der Waals surface area contributed by atoms with E-state index in [4.69, 9.17) is 5.11 Å². The lowest BCUT2D eigenvalue weighted by Crippen LogP contribution is -2.26. The van der Waals surface area contributed by atoms with Crippen LogP contribution in [-0.4, -0.2) is 24.2 Å². The van der Waals surface area contributed by atoms with Crippen LogP contribution in [0.2, 0.25) is 0 Å². The van der Waals surface area contributed by atoms with Crippen LogP contribution < -0.4 is 5.32 Å². The number of aliphatic hydroxyl groups excluding tert-OH is 1. The first-order valence-electron chi connectivity index (χ1n) is 5.86. The molecule has 3 nitrogen and oxygen atoms in total. The van der Waals surface area contributed by atoms with E-state index < -0.39 is 0 Å². The number of carbonyl (C=O) groups is 1. The summed E-state index contributed by atoms with van der Waals surface area (Å²) in [5, 5.41) is 11.3. The lowest BCUT2D eigenvalue weighted by molar-refractivity contribution is 0.0944. The predicted molar refractivity (Wildman–Crippen MR) is 69.3 cm³/mol. The first-order chi connectivity index (χ1) is 7.86. The monoisotopic (exact) mass is 235 g/mol. The van der Waals surface area contributed by atoms with E-state index in [1.54, 1.807) is 0 Å². The highest BCUT2D eigenvalue weighted by Gasteiger charge is 2.17. The van der Waals surface area contributed by atoms with Gasteiger partial charge < -0.3 is 10.4 Å². The summed E-state index contributed by atoms with van der Waals surface area (Å²) in [6, 6.07) is 5.73. The molecule has 1 amide bonds. The first-order valence-corrected chi connectivity index (χ1v) is 5.86. The minimum Gasteiger partial charge on any atom is -0.395 e. The van der Waals surface area contributed by atoms with Crippen molar-refractivity contribution in [3.63, 3.8) is 0 Å². The van der Waals surface area contributed by atoms with Gasteiger partial charge in [0.05, 0.1) is 6.61 Å². The molecule has 0 aliphatic rings. The van der Waals surface area contributed by atoms with E-state index in [0.29, 0.717) is 12.1 Å². The normalized spacial score (nSPS) is 11.4. The number of aryl methyl sites for hydroxylation is 1. The highest BCUT2D eigenvalue weighted by molar-refractivity contribution is 5.94. The Morgan fingerprint density at radius 3 is 2.47 bits per heavy atom. The zero-order valence-corrected chi connectivity index (χ0v) is 11.0. The minimum absolute atomic E-state index is 0.0369. The van der Waals surface area contributed by atoms with E-state index in [1.807, 2.05) is 25.1 Å². The summed E-state index contributed by atoms with van der Waals surface area (Å²) in [5.74, 6) is -0.136. The Bertz CT molecular complexity index is 405. The van der Waals surface area contributed by atoms with Crippen molar-refractivity contribution in [2.24, 2.45) is 0 Å². The summed E-state index contributed by atoms with van der Waals surface area (Å²) in [5.41, 5.74) is 3.10. The van der Waals surface area contributed by atoms with Gasteiger partial charge in [0.2, 0.25) is 0 Å². The van der Waals surface area contributed by atoms with E-state index in [-0.39, 0.29) is 17.9 Å². The van der Waals surface area contributed by atoms with Gasteiger partial charge in [-0.05, 0) is 35.6 Å². The van der Waals surface area contributed by atoms with Crippen molar-refractivity contribution in [3.05, 3.63) is 34.9 Å². The molecule has 0 saturated heterocycles. The zero-order valence-electron chi connectivity index (χ0n) is 11.0. The molecular weight excluding hydrogens is 214 g/mol. The molecule has 0 unspecified atom stereocenters. The summed E-state index contributed by atoms with van der Waals surface area (Å²) in [7, 11) is 0. The van der Waals surface area contributed by atoms with Crippen LogP contribution in [0.4, 0.5) is 0 Å². The molecule has 1 rings (SSSR count). The molecule has 0 bridgehead atoms. The molecule has 0 aliphatic heterocycles.